The van der Waals surface area contributed by atoms with Crippen LogP contribution >= 0.6 is 32.0 Å². The molecule has 0 aliphatic heterocycles. The topological polar surface area (TPSA) is 17.8 Å². The lowest BCUT2D eigenvalue weighted by atomic mass is 10.8. The van der Waals surface area contributed by atoms with Gasteiger partial charge in [-0.05, 0) is 6.07 Å². The van der Waals surface area contributed by atoms with Crippen molar-refractivity contribution >= 4 is 36.4 Å². The van der Waals surface area contributed by atoms with Crippen molar-refractivity contribution in [3.63, 3.8) is 0 Å². The third kappa shape index (κ3) is 1.75. The maximum Gasteiger partial charge on any atom is 0.164 e. The van der Waals surface area contributed by atoms with Crippen molar-refractivity contribution in [2.75, 3.05) is 0 Å². The number of nitrogens with zero attached hydrogens (tertiary/aromatic N) is 2. The molecule has 0 saturated carbocycles. The fourth-order valence-corrected chi connectivity index (χ4v) is 1.08. The van der Waals surface area contributed by atoms with Gasteiger partial charge in [0.1, 0.15) is 0 Å². The summed E-state index contributed by atoms with van der Waals surface area (Å²) in [6.45, 7) is 0. The van der Waals surface area contributed by atoms with Crippen LogP contribution in [0, 0.1) is 0 Å². The Labute approximate surface area is 65.0 Å². The van der Waals surface area contributed by atoms with E-state index in [1.165, 1.54) is 11.4 Å². The van der Waals surface area contributed by atoms with Gasteiger partial charge in [0.15, 0.2) is 4.32 Å². The predicted octanol–water partition coefficient (Wildman–Crippen LogP) is 1.54. The summed E-state index contributed by atoms with van der Waals surface area (Å²) < 4.78 is 2.39. The van der Waals surface area contributed by atoms with Gasteiger partial charge in [-0.25, -0.2) is 4.68 Å². The Kier molecular flexibility index (Phi) is 2.64. The van der Waals surface area contributed by atoms with Crippen LogP contribution in [0.5, 0.6) is 0 Å². The molecule has 0 fully saturated rings. The summed E-state index contributed by atoms with van der Waals surface area (Å²) in [4.78, 5) is 0. The highest BCUT2D eigenvalue weighted by molar-refractivity contribution is 8.55. The molecule has 1 aromatic heterocycles. The van der Waals surface area contributed by atoms with E-state index < -0.39 is 0 Å². The minimum Gasteiger partial charge on any atom is -0.223 e. The van der Waals surface area contributed by atoms with Crippen molar-refractivity contribution in [2.45, 2.75) is 0 Å². The lowest BCUT2D eigenvalue weighted by Crippen LogP contribution is -2.02. The van der Waals surface area contributed by atoms with Crippen molar-refractivity contribution in [3.05, 3.63) is 18.5 Å². The third-order valence-corrected chi connectivity index (χ3v) is 2.84. The van der Waals surface area contributed by atoms with E-state index in [4.69, 9.17) is 12.2 Å². The molecule has 5 heteroatoms. The average Bonchev–Trinajstić information content (AvgIpc) is 2.37. The van der Waals surface area contributed by atoms with Crippen LogP contribution in [0.3, 0.4) is 0 Å². The van der Waals surface area contributed by atoms with Crippen LogP contribution in [0.4, 0.5) is 0 Å². The molecule has 48 valence electrons. The highest BCUT2D eigenvalue weighted by Gasteiger charge is 1.93. The van der Waals surface area contributed by atoms with Crippen molar-refractivity contribution < 1.29 is 0 Å². The summed E-state index contributed by atoms with van der Waals surface area (Å²) in [5.41, 5.74) is 0. The van der Waals surface area contributed by atoms with Gasteiger partial charge >= 0.3 is 0 Å². The van der Waals surface area contributed by atoms with Crippen molar-refractivity contribution in [3.8, 4) is 0 Å². The molecule has 0 aliphatic rings. The largest absolute Gasteiger partial charge is 0.223 e. The van der Waals surface area contributed by atoms with E-state index in [0.717, 1.165) is 4.32 Å². The van der Waals surface area contributed by atoms with Gasteiger partial charge in [0.05, 0.1) is 0 Å². The lowest BCUT2D eigenvalue weighted by Gasteiger charge is -1.95. The van der Waals surface area contributed by atoms with Crippen molar-refractivity contribution in [1.82, 2.24) is 9.78 Å². The Hall–Kier alpha value is 0.0800. The van der Waals surface area contributed by atoms with E-state index in [0.29, 0.717) is 0 Å². The number of hydrogen-bond acceptors (Lipinski definition) is 3. The van der Waals surface area contributed by atoms with Gasteiger partial charge in [-0.3, -0.25) is 0 Å². The molecular weight excluding hydrogens is 171 g/mol. The van der Waals surface area contributed by atoms with Crippen LogP contribution in [0.15, 0.2) is 18.5 Å². The van der Waals surface area contributed by atoms with Crippen LogP contribution in [-0.2, 0) is 0 Å². The number of aromatic nitrogens is 2. The molecule has 0 bridgehead atoms. The fourth-order valence-electron chi connectivity index (χ4n) is 0.431. The van der Waals surface area contributed by atoms with Gasteiger partial charge in [0, 0.05) is 12.4 Å². The summed E-state index contributed by atoms with van der Waals surface area (Å²) in [6, 6.07) is 1.84. The Morgan fingerprint density at radius 2 is 2.56 bits per heavy atom. The molecule has 1 heterocycles. The zero-order chi connectivity index (χ0) is 6.69. The molecule has 0 aliphatic carbocycles. The summed E-state index contributed by atoms with van der Waals surface area (Å²) in [5, 5.41) is 3.93. The molecule has 1 unspecified atom stereocenters. The normalized spacial score (nSPS) is 9.44. The van der Waals surface area contributed by atoms with Gasteiger partial charge < -0.3 is 0 Å². The van der Waals surface area contributed by atoms with Crippen LogP contribution in [-0.4, -0.2) is 14.1 Å². The van der Waals surface area contributed by atoms with Crippen LogP contribution in [0.2, 0.25) is 0 Å². The predicted molar refractivity (Wildman–Crippen MR) is 47.5 cm³/mol. The van der Waals surface area contributed by atoms with E-state index in [-0.39, 0.29) is 0 Å². The molecule has 9 heavy (non-hydrogen) atoms. The number of thiocarbonyl (C=S) groups is 1. The third-order valence-electron chi connectivity index (χ3n) is 0.792. The highest BCUT2D eigenvalue weighted by atomic mass is 32.7. The fraction of sp³-hybridized carbons (Fsp3) is 0. The smallest absolute Gasteiger partial charge is 0.164 e. The zero-order valence-electron chi connectivity index (χ0n) is 4.52. The molecule has 0 aromatic carbocycles. The molecular formula is C4H5N2PS2. The molecule has 0 N–H and O–H groups in total. The molecule has 0 amide bonds. The standard InChI is InChI=1S/C4H5N2PS2/c7-9-4(8)6-3-1-2-5-6/h1-3H,7H2. The monoisotopic (exact) mass is 176 g/mol. The maximum absolute atomic E-state index is 4.92. The van der Waals surface area contributed by atoms with E-state index in [1.807, 2.05) is 12.3 Å². The second-order valence-electron chi connectivity index (χ2n) is 1.33. The van der Waals surface area contributed by atoms with Gasteiger partial charge in [-0.15, -0.1) is 0 Å². The average molecular weight is 176 g/mol. The first-order valence-electron chi connectivity index (χ1n) is 2.25. The Morgan fingerprint density at radius 1 is 1.78 bits per heavy atom. The van der Waals surface area contributed by atoms with E-state index in [2.05, 4.69) is 13.5 Å². The minimum absolute atomic E-state index is 0.741. The Bertz CT molecular complexity index is 196. The van der Waals surface area contributed by atoms with Crippen LogP contribution < -0.4 is 0 Å². The summed E-state index contributed by atoms with van der Waals surface area (Å²) in [5.74, 6) is 0. The van der Waals surface area contributed by atoms with E-state index >= 15 is 0 Å². The minimum atomic E-state index is 0.741. The quantitative estimate of drug-likeness (QED) is 0.441. The Morgan fingerprint density at radius 3 is 3.00 bits per heavy atom. The SMILES string of the molecule is PSC(=S)n1cccn1. The van der Waals surface area contributed by atoms with E-state index in [9.17, 15) is 0 Å². The first-order valence-corrected chi connectivity index (χ1v) is 4.95. The lowest BCUT2D eigenvalue weighted by molar-refractivity contribution is 0.965. The first kappa shape index (κ1) is 7.19. The number of rotatable bonds is 0. The second kappa shape index (κ2) is 3.30. The van der Waals surface area contributed by atoms with Crippen molar-refractivity contribution in [1.29, 1.82) is 0 Å². The van der Waals surface area contributed by atoms with Gasteiger partial charge in [-0.2, -0.15) is 5.10 Å². The van der Waals surface area contributed by atoms with Gasteiger partial charge in [0.2, 0.25) is 0 Å². The summed E-state index contributed by atoms with van der Waals surface area (Å²) in [6.07, 6.45) is 3.52. The van der Waals surface area contributed by atoms with Gasteiger partial charge in [-0.1, -0.05) is 32.0 Å². The summed E-state index contributed by atoms with van der Waals surface area (Å²) in [7, 11) is 2.48. The summed E-state index contributed by atoms with van der Waals surface area (Å²) >= 11 is 6.35. The maximum atomic E-state index is 4.92. The molecule has 2 nitrogen and oxygen atoms in total. The Balaban J connectivity index is 2.77. The van der Waals surface area contributed by atoms with Crippen LogP contribution in [0.25, 0.3) is 0 Å². The molecule has 1 rings (SSSR count). The molecule has 0 saturated heterocycles. The highest BCUT2D eigenvalue weighted by Crippen LogP contribution is 2.13. The number of hydrogen-bond donors (Lipinski definition) is 0. The molecule has 0 spiro atoms. The second-order valence-corrected chi connectivity index (χ2v) is 3.31. The molecule has 0 radical (unpaired) electrons. The van der Waals surface area contributed by atoms with Crippen molar-refractivity contribution in [2.24, 2.45) is 0 Å². The molecule has 1 atom stereocenters. The zero-order valence-corrected chi connectivity index (χ0v) is 7.31. The van der Waals surface area contributed by atoms with Crippen LogP contribution in [0.1, 0.15) is 0 Å². The van der Waals surface area contributed by atoms with E-state index in [1.54, 1.807) is 10.9 Å². The first-order chi connectivity index (χ1) is 4.34. The molecule has 1 aromatic rings. The van der Waals surface area contributed by atoms with Gasteiger partial charge in [0.25, 0.3) is 0 Å².